The first-order chi connectivity index (χ1) is 20.8. The molecule has 10 heteroatoms. The second kappa shape index (κ2) is 15.4. The molecule has 0 aromatic heterocycles. The molecular weight excluding hydrogens is 596 g/mol. The number of carboxylic acids is 1. The molecule has 244 valence electrons. The number of aryl methyl sites for hydroxylation is 1. The molecule has 1 aliphatic heterocycles. The Hall–Kier alpha value is -2.20. The molecule has 2 aromatic carbocycles. The van der Waals surface area contributed by atoms with Crippen molar-refractivity contribution in [3.63, 3.8) is 0 Å². The number of piperidine rings is 1. The molecule has 2 aliphatic rings. The molecule has 0 unspecified atom stereocenters. The predicted molar refractivity (Wildman–Crippen MR) is 165 cm³/mol. The summed E-state index contributed by atoms with van der Waals surface area (Å²) in [6.07, 6.45) is 0.740. The third-order valence-electron chi connectivity index (χ3n) is 9.59. The van der Waals surface area contributed by atoms with Crippen LogP contribution >= 0.6 is 11.6 Å². The quantitative estimate of drug-likeness (QED) is 0.235. The molecule has 0 amide bonds. The fraction of sp³-hybridized carbons (Fsp3) is 0.618. The minimum absolute atomic E-state index is 0.171. The van der Waals surface area contributed by atoms with Gasteiger partial charge < -0.3 is 10.0 Å². The number of likely N-dealkylation sites (tertiary alicyclic amines) is 1. The Kier molecular flexibility index (Phi) is 12.1. The predicted octanol–water partition coefficient (Wildman–Crippen LogP) is 8.77. The second-order valence-corrected chi connectivity index (χ2v) is 13.0. The summed E-state index contributed by atoms with van der Waals surface area (Å²) < 4.78 is 57.5. The first-order valence-corrected chi connectivity index (χ1v) is 16.2. The van der Waals surface area contributed by atoms with E-state index in [-0.39, 0.29) is 24.7 Å². The van der Waals surface area contributed by atoms with E-state index in [1.807, 2.05) is 23.1 Å². The first kappa shape index (κ1) is 34.7. The number of carbonyl (C=O) groups is 1. The van der Waals surface area contributed by atoms with E-state index in [1.165, 1.54) is 30.9 Å². The number of hydrogen-bond donors (Lipinski definition) is 1. The van der Waals surface area contributed by atoms with Crippen LogP contribution in [0.25, 0.3) is 0 Å². The van der Waals surface area contributed by atoms with Crippen molar-refractivity contribution in [2.45, 2.75) is 102 Å². The van der Waals surface area contributed by atoms with Crippen LogP contribution in [0, 0.1) is 19.7 Å². The van der Waals surface area contributed by atoms with Crippen LogP contribution < -0.4 is 0 Å². The highest BCUT2D eigenvalue weighted by Crippen LogP contribution is 2.42. The van der Waals surface area contributed by atoms with E-state index in [2.05, 4.69) is 16.6 Å². The lowest BCUT2D eigenvalue weighted by atomic mass is 9.77. The Morgan fingerprint density at radius 1 is 1.05 bits per heavy atom. The highest BCUT2D eigenvalue weighted by molar-refractivity contribution is 6.30. The van der Waals surface area contributed by atoms with Crippen molar-refractivity contribution in [2.24, 2.45) is 0 Å². The molecule has 0 radical (unpaired) electrons. The van der Waals surface area contributed by atoms with Gasteiger partial charge in [-0.2, -0.15) is 0 Å². The zero-order chi connectivity index (χ0) is 32.0. The number of halogens is 5. The number of ether oxygens (including phenoxy) is 1. The molecule has 1 saturated heterocycles. The molecule has 1 heterocycles. The highest BCUT2D eigenvalue weighted by atomic mass is 35.5. The van der Waals surface area contributed by atoms with E-state index in [1.54, 1.807) is 20.0 Å². The SMILES string of the molecule is Cc1ccc(Cl)cc1[C@H](CCN1CCCCC1)CCN(C)[C@H](C(=O)O)c1ccc(F)c(C)c1C1CCC(OC(F)(F)F)CC1. The molecule has 2 fully saturated rings. The minimum Gasteiger partial charge on any atom is -0.480 e. The Morgan fingerprint density at radius 3 is 2.36 bits per heavy atom. The van der Waals surface area contributed by atoms with E-state index in [0.29, 0.717) is 47.5 Å². The maximum Gasteiger partial charge on any atom is 0.522 e. The van der Waals surface area contributed by atoms with Gasteiger partial charge in [0.25, 0.3) is 0 Å². The van der Waals surface area contributed by atoms with Crippen LogP contribution in [0.3, 0.4) is 0 Å². The van der Waals surface area contributed by atoms with Gasteiger partial charge in [-0.05, 0) is 156 Å². The fourth-order valence-corrected chi connectivity index (χ4v) is 7.42. The third-order valence-corrected chi connectivity index (χ3v) is 9.82. The standard InChI is InChI=1S/C34H45ClF4N2O3/c1-22-7-10-26(35)21-29(22)24(16-20-41-17-5-4-6-18-41)15-19-40(3)32(33(42)43)28-13-14-30(36)23(2)31(28)25-8-11-27(12-9-25)44-34(37,38)39/h7,10,13-14,21,24-25,27,32H,4-6,8-9,11-12,15-20H2,1-3H3,(H,42,43)/t24-,25?,27?,32-/m0/s1. The van der Waals surface area contributed by atoms with Crippen LogP contribution in [0.5, 0.6) is 0 Å². The number of nitrogens with zero attached hydrogens (tertiary/aromatic N) is 2. The van der Waals surface area contributed by atoms with Crippen molar-refractivity contribution in [3.8, 4) is 0 Å². The average Bonchev–Trinajstić information content (AvgIpc) is 2.97. The second-order valence-electron chi connectivity index (χ2n) is 12.6. The summed E-state index contributed by atoms with van der Waals surface area (Å²) >= 11 is 6.41. The van der Waals surface area contributed by atoms with E-state index >= 15 is 0 Å². The van der Waals surface area contributed by atoms with Crippen molar-refractivity contribution in [1.82, 2.24) is 9.80 Å². The monoisotopic (exact) mass is 640 g/mol. The van der Waals surface area contributed by atoms with Crippen molar-refractivity contribution in [2.75, 3.05) is 33.2 Å². The highest BCUT2D eigenvalue weighted by Gasteiger charge is 2.37. The maximum atomic E-state index is 14.9. The van der Waals surface area contributed by atoms with Crippen LogP contribution in [0.15, 0.2) is 30.3 Å². The summed E-state index contributed by atoms with van der Waals surface area (Å²) in [5, 5.41) is 11.2. The lowest BCUT2D eigenvalue weighted by Crippen LogP contribution is -2.35. The Labute approximate surface area is 263 Å². The first-order valence-electron chi connectivity index (χ1n) is 15.8. The van der Waals surface area contributed by atoms with Crippen molar-refractivity contribution < 1.29 is 32.2 Å². The number of likely N-dealkylation sites (N-methyl/N-ethyl adjacent to an activating group) is 1. The molecule has 2 atom stereocenters. The van der Waals surface area contributed by atoms with Gasteiger partial charge in [0.15, 0.2) is 0 Å². The van der Waals surface area contributed by atoms with Crippen molar-refractivity contribution in [1.29, 1.82) is 0 Å². The van der Waals surface area contributed by atoms with Gasteiger partial charge in [-0.1, -0.05) is 30.2 Å². The van der Waals surface area contributed by atoms with E-state index < -0.39 is 30.3 Å². The number of alkyl halides is 3. The zero-order valence-electron chi connectivity index (χ0n) is 25.9. The van der Waals surface area contributed by atoms with Crippen molar-refractivity contribution >= 4 is 17.6 Å². The lowest BCUT2D eigenvalue weighted by molar-refractivity contribution is -0.345. The van der Waals surface area contributed by atoms with Crippen LogP contribution in [0.2, 0.25) is 5.02 Å². The van der Waals surface area contributed by atoms with Crippen LogP contribution in [-0.2, 0) is 9.53 Å². The van der Waals surface area contributed by atoms with Gasteiger partial charge in [0, 0.05) is 5.02 Å². The summed E-state index contributed by atoms with van der Waals surface area (Å²) in [7, 11) is 1.78. The molecule has 1 aliphatic carbocycles. The van der Waals surface area contributed by atoms with Gasteiger partial charge in [0.1, 0.15) is 11.9 Å². The lowest BCUT2D eigenvalue weighted by Gasteiger charge is -2.34. The normalized spacial score (nSPS) is 21.4. The topological polar surface area (TPSA) is 53.0 Å². The molecule has 2 aromatic rings. The zero-order valence-corrected chi connectivity index (χ0v) is 26.7. The van der Waals surface area contributed by atoms with Gasteiger partial charge in [-0.3, -0.25) is 14.4 Å². The summed E-state index contributed by atoms with van der Waals surface area (Å²) in [5.41, 5.74) is 3.78. The van der Waals surface area contributed by atoms with E-state index in [4.69, 9.17) is 11.6 Å². The molecule has 1 N–H and O–H groups in total. The number of aliphatic carboxylic acids is 1. The van der Waals surface area contributed by atoms with Crippen LogP contribution in [0.1, 0.15) is 103 Å². The number of carboxylic acid groups (broad SMARTS) is 1. The fourth-order valence-electron chi connectivity index (χ4n) is 7.24. The van der Waals surface area contributed by atoms with Gasteiger partial charge in [-0.15, -0.1) is 13.2 Å². The van der Waals surface area contributed by atoms with E-state index in [9.17, 15) is 27.5 Å². The van der Waals surface area contributed by atoms with Gasteiger partial charge >= 0.3 is 12.3 Å². The van der Waals surface area contributed by atoms with Gasteiger partial charge in [-0.25, -0.2) is 4.39 Å². The van der Waals surface area contributed by atoms with Gasteiger partial charge in [0.2, 0.25) is 0 Å². The van der Waals surface area contributed by atoms with Crippen LogP contribution in [0.4, 0.5) is 17.6 Å². The number of benzene rings is 2. The van der Waals surface area contributed by atoms with Gasteiger partial charge in [0.05, 0.1) is 6.10 Å². The summed E-state index contributed by atoms with van der Waals surface area (Å²) in [4.78, 5) is 17.1. The summed E-state index contributed by atoms with van der Waals surface area (Å²) in [6.45, 7) is 7.34. The average molecular weight is 641 g/mol. The van der Waals surface area contributed by atoms with Crippen molar-refractivity contribution in [3.05, 3.63) is 69.0 Å². The largest absolute Gasteiger partial charge is 0.522 e. The molecule has 5 nitrogen and oxygen atoms in total. The third kappa shape index (κ3) is 9.18. The molecule has 0 spiro atoms. The smallest absolute Gasteiger partial charge is 0.480 e. The summed E-state index contributed by atoms with van der Waals surface area (Å²) in [5.74, 6) is -1.57. The molecule has 1 saturated carbocycles. The molecule has 0 bridgehead atoms. The Balaban J connectivity index is 1.54. The molecular formula is C34H45ClF4N2O3. The Morgan fingerprint density at radius 2 is 1.73 bits per heavy atom. The molecule has 44 heavy (non-hydrogen) atoms. The number of rotatable bonds is 12. The Bertz CT molecular complexity index is 1260. The summed E-state index contributed by atoms with van der Waals surface area (Å²) in [6, 6.07) is 7.74. The minimum atomic E-state index is -4.70. The molecule has 4 rings (SSSR count). The maximum absolute atomic E-state index is 14.9. The number of hydrogen-bond acceptors (Lipinski definition) is 4. The van der Waals surface area contributed by atoms with E-state index in [0.717, 1.165) is 31.6 Å². The van der Waals surface area contributed by atoms with Crippen LogP contribution in [-0.4, -0.2) is 66.6 Å².